The number of hydrogen-bond acceptors (Lipinski definition) is 7. The van der Waals surface area contributed by atoms with Gasteiger partial charge in [0.05, 0.1) is 12.5 Å². The van der Waals surface area contributed by atoms with Gasteiger partial charge in [0.2, 0.25) is 11.7 Å². The maximum Gasteiger partial charge on any atom is 0.306 e. The van der Waals surface area contributed by atoms with Crippen molar-refractivity contribution < 1.29 is 23.3 Å². The van der Waals surface area contributed by atoms with Gasteiger partial charge in [-0.25, -0.2) is 0 Å². The van der Waals surface area contributed by atoms with Crippen LogP contribution < -0.4 is 5.32 Å². The molecule has 0 aliphatic carbocycles. The van der Waals surface area contributed by atoms with E-state index in [0.717, 1.165) is 16.5 Å². The van der Waals surface area contributed by atoms with E-state index in [1.807, 2.05) is 60.7 Å². The highest BCUT2D eigenvalue weighted by Gasteiger charge is 2.16. The fourth-order valence-electron chi connectivity index (χ4n) is 3.06. The first-order valence-electron chi connectivity index (χ1n) is 9.90. The molecule has 0 bridgehead atoms. The lowest BCUT2D eigenvalue weighted by atomic mass is 10.2. The van der Waals surface area contributed by atoms with E-state index >= 15 is 0 Å². The van der Waals surface area contributed by atoms with Gasteiger partial charge in [0, 0.05) is 17.4 Å². The Morgan fingerprint density at radius 2 is 1.87 bits per heavy atom. The first-order valence-corrected chi connectivity index (χ1v) is 9.90. The standard InChI is InChI=1S/C23H21N3O5/c1-15(19-13-17-9-5-6-10-18(17)30-19)24-20(27)14-29-22(28)12-11-21-25-23(26-31-21)16-7-3-2-4-8-16/h2-10,13,15H,11-12,14H2,1H3,(H,24,27)/t15-/m1/s1. The summed E-state index contributed by atoms with van der Waals surface area (Å²) in [6.45, 7) is 1.43. The molecular weight excluding hydrogens is 398 g/mol. The van der Waals surface area contributed by atoms with Crippen molar-refractivity contribution >= 4 is 22.8 Å². The van der Waals surface area contributed by atoms with Crippen molar-refractivity contribution in [3.63, 3.8) is 0 Å². The Morgan fingerprint density at radius 3 is 2.68 bits per heavy atom. The predicted molar refractivity (Wildman–Crippen MR) is 112 cm³/mol. The number of aryl methyl sites for hydroxylation is 1. The molecule has 158 valence electrons. The zero-order chi connectivity index (χ0) is 21.6. The lowest BCUT2D eigenvalue weighted by molar-refractivity contribution is -0.148. The number of rotatable bonds is 8. The second-order valence-corrected chi connectivity index (χ2v) is 7.01. The smallest absolute Gasteiger partial charge is 0.306 e. The molecule has 0 unspecified atom stereocenters. The fourth-order valence-corrected chi connectivity index (χ4v) is 3.06. The molecule has 8 nitrogen and oxygen atoms in total. The number of esters is 1. The third-order valence-electron chi connectivity index (χ3n) is 4.66. The first kappa shape index (κ1) is 20.3. The average molecular weight is 419 g/mol. The van der Waals surface area contributed by atoms with Gasteiger partial charge in [0.15, 0.2) is 6.61 Å². The van der Waals surface area contributed by atoms with E-state index in [1.54, 1.807) is 6.92 Å². The molecule has 4 rings (SSSR count). The number of benzene rings is 2. The average Bonchev–Trinajstić information content (AvgIpc) is 3.44. The number of hydrogen-bond donors (Lipinski definition) is 1. The number of furan rings is 1. The van der Waals surface area contributed by atoms with E-state index in [1.165, 1.54) is 0 Å². The van der Waals surface area contributed by atoms with Crippen molar-refractivity contribution in [2.24, 2.45) is 0 Å². The monoisotopic (exact) mass is 419 g/mol. The topological polar surface area (TPSA) is 107 Å². The summed E-state index contributed by atoms with van der Waals surface area (Å²) in [4.78, 5) is 28.3. The highest BCUT2D eigenvalue weighted by molar-refractivity contribution is 5.81. The minimum Gasteiger partial charge on any atom is -0.459 e. The molecule has 0 saturated carbocycles. The van der Waals surface area contributed by atoms with Crippen LogP contribution >= 0.6 is 0 Å². The van der Waals surface area contributed by atoms with Crippen LogP contribution in [0, 0.1) is 0 Å². The summed E-state index contributed by atoms with van der Waals surface area (Å²) in [7, 11) is 0. The Balaban J connectivity index is 1.21. The molecule has 1 amide bonds. The van der Waals surface area contributed by atoms with Crippen molar-refractivity contribution in [3.8, 4) is 11.4 Å². The summed E-state index contributed by atoms with van der Waals surface area (Å²) in [5, 5.41) is 7.62. The van der Waals surface area contributed by atoms with Crippen molar-refractivity contribution in [1.82, 2.24) is 15.5 Å². The Kier molecular flexibility index (Phi) is 6.07. The maximum atomic E-state index is 12.1. The Morgan fingerprint density at radius 1 is 1.10 bits per heavy atom. The second-order valence-electron chi connectivity index (χ2n) is 7.01. The van der Waals surface area contributed by atoms with Crippen molar-refractivity contribution in [2.45, 2.75) is 25.8 Å². The van der Waals surface area contributed by atoms with Gasteiger partial charge >= 0.3 is 5.97 Å². The van der Waals surface area contributed by atoms with Gasteiger partial charge in [-0.3, -0.25) is 9.59 Å². The number of aromatic nitrogens is 2. The molecule has 0 aliphatic heterocycles. The predicted octanol–water partition coefficient (Wildman–Crippen LogP) is 3.84. The molecule has 0 aliphatic rings. The molecule has 2 aromatic heterocycles. The minimum absolute atomic E-state index is 0.0306. The molecule has 2 heterocycles. The number of para-hydroxylation sites is 1. The van der Waals surface area contributed by atoms with Crippen LogP contribution in [0.2, 0.25) is 0 Å². The van der Waals surface area contributed by atoms with Crippen LogP contribution in [-0.4, -0.2) is 28.6 Å². The molecule has 2 aromatic carbocycles. The fraction of sp³-hybridized carbons (Fsp3) is 0.217. The molecule has 1 N–H and O–H groups in total. The van der Waals surface area contributed by atoms with Crippen molar-refractivity contribution in [2.75, 3.05) is 6.61 Å². The van der Waals surface area contributed by atoms with E-state index in [-0.39, 0.29) is 25.5 Å². The molecule has 4 aromatic rings. The highest BCUT2D eigenvalue weighted by atomic mass is 16.5. The Labute approximate surface area is 178 Å². The van der Waals surface area contributed by atoms with E-state index in [2.05, 4.69) is 15.5 Å². The molecule has 0 spiro atoms. The zero-order valence-corrected chi connectivity index (χ0v) is 16.9. The van der Waals surface area contributed by atoms with Crippen LogP contribution in [0.4, 0.5) is 0 Å². The quantitative estimate of drug-likeness (QED) is 0.432. The van der Waals surface area contributed by atoms with Crippen LogP contribution in [0.1, 0.15) is 31.0 Å². The molecule has 8 heteroatoms. The SMILES string of the molecule is C[C@@H](NC(=O)COC(=O)CCc1nc(-c2ccccc2)no1)c1cc2ccccc2o1. The van der Waals surface area contributed by atoms with Gasteiger partial charge in [0.25, 0.3) is 5.91 Å². The van der Waals surface area contributed by atoms with Gasteiger partial charge in [-0.1, -0.05) is 53.7 Å². The lowest BCUT2D eigenvalue weighted by Gasteiger charge is -2.11. The summed E-state index contributed by atoms with van der Waals surface area (Å²) in [6, 6.07) is 18.5. The number of carbonyl (C=O) groups is 2. The second kappa shape index (κ2) is 9.25. The van der Waals surface area contributed by atoms with E-state index in [4.69, 9.17) is 13.7 Å². The third kappa shape index (κ3) is 5.16. The van der Waals surface area contributed by atoms with Crippen LogP contribution in [0.5, 0.6) is 0 Å². The number of nitrogens with one attached hydrogen (secondary N) is 1. The van der Waals surface area contributed by atoms with Crippen LogP contribution in [0.15, 0.2) is 69.6 Å². The van der Waals surface area contributed by atoms with Crippen molar-refractivity contribution in [1.29, 1.82) is 0 Å². The summed E-state index contributed by atoms with van der Waals surface area (Å²) >= 11 is 0. The van der Waals surface area contributed by atoms with Crippen LogP contribution in [-0.2, 0) is 20.7 Å². The lowest BCUT2D eigenvalue weighted by Crippen LogP contribution is -2.31. The van der Waals surface area contributed by atoms with Crippen LogP contribution in [0.3, 0.4) is 0 Å². The van der Waals surface area contributed by atoms with E-state index in [9.17, 15) is 9.59 Å². The van der Waals surface area contributed by atoms with E-state index < -0.39 is 11.9 Å². The Hall–Kier alpha value is -3.94. The molecule has 0 fully saturated rings. The molecule has 0 saturated heterocycles. The molecular formula is C23H21N3O5. The molecule has 31 heavy (non-hydrogen) atoms. The number of amides is 1. The molecule has 1 atom stereocenters. The minimum atomic E-state index is -0.522. The zero-order valence-electron chi connectivity index (χ0n) is 16.9. The van der Waals surface area contributed by atoms with Gasteiger partial charge in [0.1, 0.15) is 11.3 Å². The van der Waals surface area contributed by atoms with Gasteiger partial charge in [-0.2, -0.15) is 4.98 Å². The number of nitrogens with zero attached hydrogens (tertiary/aromatic N) is 2. The summed E-state index contributed by atoms with van der Waals surface area (Å²) in [6.07, 6.45) is 0.262. The van der Waals surface area contributed by atoms with E-state index in [0.29, 0.717) is 17.5 Å². The normalized spacial score (nSPS) is 11.9. The summed E-state index contributed by atoms with van der Waals surface area (Å²) in [5.41, 5.74) is 1.58. The number of fused-ring (bicyclic) bond motifs is 1. The first-order chi connectivity index (χ1) is 15.1. The van der Waals surface area contributed by atoms with Gasteiger partial charge in [-0.05, 0) is 19.1 Å². The van der Waals surface area contributed by atoms with Gasteiger partial charge in [-0.15, -0.1) is 0 Å². The Bertz CT molecular complexity index is 1150. The third-order valence-corrected chi connectivity index (χ3v) is 4.66. The number of ether oxygens (including phenoxy) is 1. The van der Waals surface area contributed by atoms with Crippen LogP contribution in [0.25, 0.3) is 22.4 Å². The van der Waals surface area contributed by atoms with Gasteiger partial charge < -0.3 is 19.0 Å². The highest BCUT2D eigenvalue weighted by Crippen LogP contribution is 2.23. The largest absolute Gasteiger partial charge is 0.459 e. The summed E-state index contributed by atoms with van der Waals surface area (Å²) < 4.78 is 15.9. The maximum absolute atomic E-state index is 12.1. The van der Waals surface area contributed by atoms with Crippen molar-refractivity contribution in [3.05, 3.63) is 72.3 Å². The number of carbonyl (C=O) groups excluding carboxylic acids is 2. The summed E-state index contributed by atoms with van der Waals surface area (Å²) in [5.74, 6) is 0.490. The molecule has 0 radical (unpaired) electrons.